The Kier molecular flexibility index (Phi) is 2.78. The zero-order chi connectivity index (χ0) is 10.5. The lowest BCUT2D eigenvalue weighted by Crippen LogP contribution is -1.98. The molecule has 1 aromatic heterocycles. The third-order valence-electron chi connectivity index (χ3n) is 2.08. The van der Waals surface area contributed by atoms with Gasteiger partial charge in [0.25, 0.3) is 0 Å². The fraction of sp³-hybridized carbons (Fsp3) is 0.0909. The Hall–Kier alpha value is -2.10. The molecule has 1 amide bonds. The van der Waals surface area contributed by atoms with Crippen LogP contribution in [0.4, 0.5) is 5.69 Å². The summed E-state index contributed by atoms with van der Waals surface area (Å²) in [6.07, 6.45) is 6.09. The molecule has 0 fully saturated rings. The molecule has 0 radical (unpaired) electrons. The first-order valence-corrected chi connectivity index (χ1v) is 4.63. The number of nitrogens with zero attached hydrogens (tertiary/aromatic N) is 2. The van der Waals surface area contributed by atoms with Crippen LogP contribution in [-0.2, 0) is 11.3 Å². The Bertz CT molecular complexity index is 437. The summed E-state index contributed by atoms with van der Waals surface area (Å²) < 4.78 is 1.97. The van der Waals surface area contributed by atoms with Crippen LogP contribution < -0.4 is 5.32 Å². The summed E-state index contributed by atoms with van der Waals surface area (Å²) in [6.45, 7) is 0.758. The summed E-state index contributed by atoms with van der Waals surface area (Å²) in [5, 5.41) is 2.62. The zero-order valence-corrected chi connectivity index (χ0v) is 8.13. The van der Waals surface area contributed by atoms with Crippen molar-refractivity contribution in [1.82, 2.24) is 9.55 Å². The van der Waals surface area contributed by atoms with Gasteiger partial charge in [0.15, 0.2) is 0 Å². The van der Waals surface area contributed by atoms with Crippen LogP contribution in [0.5, 0.6) is 0 Å². The number of hydrogen-bond donors (Lipinski definition) is 1. The number of carbonyl (C=O) groups is 1. The molecule has 0 aliphatic heterocycles. The Labute approximate surface area is 87.6 Å². The molecule has 4 nitrogen and oxygen atoms in total. The second-order valence-electron chi connectivity index (χ2n) is 3.20. The predicted molar refractivity (Wildman–Crippen MR) is 57.5 cm³/mol. The topological polar surface area (TPSA) is 46.9 Å². The van der Waals surface area contributed by atoms with E-state index in [1.54, 1.807) is 12.5 Å². The van der Waals surface area contributed by atoms with Crippen molar-refractivity contribution < 1.29 is 4.79 Å². The molecule has 0 aliphatic rings. The van der Waals surface area contributed by atoms with Crippen LogP contribution in [0, 0.1) is 0 Å². The summed E-state index contributed by atoms with van der Waals surface area (Å²) >= 11 is 0. The minimum Gasteiger partial charge on any atom is -0.333 e. The van der Waals surface area contributed by atoms with E-state index in [1.165, 1.54) is 0 Å². The molecule has 2 aromatic rings. The van der Waals surface area contributed by atoms with Crippen molar-refractivity contribution in [3.63, 3.8) is 0 Å². The highest BCUT2D eigenvalue weighted by atomic mass is 16.1. The van der Waals surface area contributed by atoms with E-state index >= 15 is 0 Å². The Balaban J connectivity index is 2.14. The summed E-state index contributed by atoms with van der Waals surface area (Å²) in [4.78, 5) is 14.2. The first-order valence-electron chi connectivity index (χ1n) is 4.63. The van der Waals surface area contributed by atoms with Crippen LogP contribution in [-0.4, -0.2) is 16.0 Å². The number of hydrogen-bond acceptors (Lipinski definition) is 2. The van der Waals surface area contributed by atoms with Crippen LogP contribution in [0.2, 0.25) is 0 Å². The Morgan fingerprint density at radius 2 is 2.40 bits per heavy atom. The van der Waals surface area contributed by atoms with Crippen LogP contribution in [0.3, 0.4) is 0 Å². The number of carbonyl (C=O) groups excluding carboxylic acids is 1. The van der Waals surface area contributed by atoms with Gasteiger partial charge in [-0.15, -0.1) is 0 Å². The van der Waals surface area contributed by atoms with E-state index in [0.29, 0.717) is 6.41 Å². The van der Waals surface area contributed by atoms with Gasteiger partial charge >= 0.3 is 0 Å². The smallest absolute Gasteiger partial charge is 0.211 e. The molecule has 1 heterocycles. The molecular formula is C11H11N3O. The Morgan fingerprint density at radius 1 is 1.47 bits per heavy atom. The summed E-state index contributed by atoms with van der Waals surface area (Å²) in [6, 6.07) is 7.72. The van der Waals surface area contributed by atoms with Gasteiger partial charge in [0.05, 0.1) is 6.33 Å². The molecule has 1 aromatic carbocycles. The van der Waals surface area contributed by atoms with Gasteiger partial charge in [-0.05, 0) is 17.7 Å². The number of rotatable bonds is 4. The van der Waals surface area contributed by atoms with Crippen molar-refractivity contribution in [3.05, 3.63) is 48.5 Å². The minimum absolute atomic E-state index is 0.677. The number of benzene rings is 1. The van der Waals surface area contributed by atoms with Gasteiger partial charge in [0, 0.05) is 24.6 Å². The molecule has 2 rings (SSSR count). The first-order chi connectivity index (χ1) is 7.38. The molecular weight excluding hydrogens is 190 g/mol. The van der Waals surface area contributed by atoms with Gasteiger partial charge in [-0.3, -0.25) is 4.79 Å². The molecule has 0 bridgehead atoms. The summed E-state index contributed by atoms with van der Waals surface area (Å²) in [7, 11) is 0. The lowest BCUT2D eigenvalue weighted by atomic mass is 10.2. The van der Waals surface area contributed by atoms with Gasteiger partial charge in [-0.2, -0.15) is 0 Å². The average molecular weight is 201 g/mol. The highest BCUT2D eigenvalue weighted by Crippen LogP contribution is 2.10. The molecule has 0 unspecified atom stereocenters. The lowest BCUT2D eigenvalue weighted by molar-refractivity contribution is -0.105. The second kappa shape index (κ2) is 4.41. The highest BCUT2D eigenvalue weighted by Gasteiger charge is 1.96. The van der Waals surface area contributed by atoms with Crippen LogP contribution >= 0.6 is 0 Å². The van der Waals surface area contributed by atoms with E-state index in [4.69, 9.17) is 0 Å². The SMILES string of the molecule is O=CNc1cccc(Cn2ccnc2)c1. The molecule has 0 aliphatic carbocycles. The third kappa shape index (κ3) is 2.43. The van der Waals surface area contributed by atoms with Crippen molar-refractivity contribution >= 4 is 12.1 Å². The van der Waals surface area contributed by atoms with Crippen molar-refractivity contribution in [2.45, 2.75) is 6.54 Å². The number of nitrogens with one attached hydrogen (secondary N) is 1. The van der Waals surface area contributed by atoms with E-state index in [2.05, 4.69) is 10.3 Å². The van der Waals surface area contributed by atoms with Gasteiger partial charge < -0.3 is 9.88 Å². The molecule has 4 heteroatoms. The first kappa shape index (κ1) is 9.45. The monoisotopic (exact) mass is 201 g/mol. The predicted octanol–water partition coefficient (Wildman–Crippen LogP) is 1.50. The van der Waals surface area contributed by atoms with Gasteiger partial charge in [-0.1, -0.05) is 12.1 Å². The maximum absolute atomic E-state index is 10.3. The number of anilines is 1. The molecule has 0 saturated heterocycles. The second-order valence-corrected chi connectivity index (χ2v) is 3.20. The van der Waals surface area contributed by atoms with E-state index in [1.807, 2.05) is 35.0 Å². The summed E-state index contributed by atoms with van der Waals surface area (Å²) in [5.74, 6) is 0. The normalized spacial score (nSPS) is 9.87. The quantitative estimate of drug-likeness (QED) is 0.762. The van der Waals surface area contributed by atoms with Gasteiger partial charge in [-0.25, -0.2) is 4.98 Å². The Morgan fingerprint density at radius 3 is 3.13 bits per heavy atom. The lowest BCUT2D eigenvalue weighted by Gasteiger charge is -2.04. The maximum Gasteiger partial charge on any atom is 0.211 e. The fourth-order valence-electron chi connectivity index (χ4n) is 1.42. The number of imidazole rings is 1. The van der Waals surface area contributed by atoms with E-state index in [9.17, 15) is 4.79 Å². The molecule has 15 heavy (non-hydrogen) atoms. The standard InChI is InChI=1S/C11H11N3O/c15-9-13-11-3-1-2-10(6-11)7-14-5-4-12-8-14/h1-6,8-9H,7H2,(H,13,15). The van der Waals surface area contributed by atoms with Gasteiger partial charge in [0.1, 0.15) is 0 Å². The molecule has 0 spiro atoms. The van der Waals surface area contributed by atoms with Crippen molar-refractivity contribution in [2.24, 2.45) is 0 Å². The molecule has 0 saturated carbocycles. The van der Waals surface area contributed by atoms with Crippen molar-refractivity contribution in [3.8, 4) is 0 Å². The number of aromatic nitrogens is 2. The average Bonchev–Trinajstić information content (AvgIpc) is 2.71. The largest absolute Gasteiger partial charge is 0.333 e. The molecule has 0 atom stereocenters. The van der Waals surface area contributed by atoms with Crippen molar-refractivity contribution in [2.75, 3.05) is 5.32 Å². The zero-order valence-electron chi connectivity index (χ0n) is 8.13. The van der Waals surface area contributed by atoms with Crippen LogP contribution in [0.25, 0.3) is 0 Å². The molecule has 76 valence electrons. The highest BCUT2D eigenvalue weighted by molar-refractivity contribution is 5.71. The molecule has 1 N–H and O–H groups in total. The van der Waals surface area contributed by atoms with Gasteiger partial charge in [0.2, 0.25) is 6.41 Å². The summed E-state index contributed by atoms with van der Waals surface area (Å²) in [5.41, 5.74) is 1.93. The maximum atomic E-state index is 10.3. The van der Waals surface area contributed by atoms with Crippen molar-refractivity contribution in [1.29, 1.82) is 0 Å². The minimum atomic E-state index is 0.677. The van der Waals surface area contributed by atoms with E-state index in [0.717, 1.165) is 17.8 Å². The fourth-order valence-corrected chi connectivity index (χ4v) is 1.42. The number of amides is 1. The third-order valence-corrected chi connectivity index (χ3v) is 2.08. The van der Waals surface area contributed by atoms with E-state index < -0.39 is 0 Å². The van der Waals surface area contributed by atoms with E-state index in [-0.39, 0.29) is 0 Å². The van der Waals surface area contributed by atoms with Crippen LogP contribution in [0.15, 0.2) is 43.0 Å². The van der Waals surface area contributed by atoms with Crippen LogP contribution in [0.1, 0.15) is 5.56 Å².